The molecule has 4 nitrogen and oxygen atoms in total. The van der Waals surface area contributed by atoms with Gasteiger partial charge >= 0.3 is 5.97 Å². The minimum absolute atomic E-state index is 0.102. The van der Waals surface area contributed by atoms with E-state index in [9.17, 15) is 4.79 Å². The van der Waals surface area contributed by atoms with Crippen LogP contribution in [0.1, 0.15) is 42.6 Å². The lowest BCUT2D eigenvalue weighted by atomic mass is 9.96. The van der Waals surface area contributed by atoms with Crippen LogP contribution in [0.3, 0.4) is 0 Å². The summed E-state index contributed by atoms with van der Waals surface area (Å²) in [5, 5.41) is 12.8. The van der Waals surface area contributed by atoms with Gasteiger partial charge in [-0.1, -0.05) is 30.6 Å². The van der Waals surface area contributed by atoms with Crippen LogP contribution >= 0.6 is 11.3 Å². The van der Waals surface area contributed by atoms with E-state index in [1.807, 2.05) is 0 Å². The Morgan fingerprint density at radius 1 is 1.47 bits per heavy atom. The van der Waals surface area contributed by atoms with Gasteiger partial charge in [-0.15, -0.1) is 0 Å². The molecule has 15 heavy (non-hydrogen) atoms. The van der Waals surface area contributed by atoms with Gasteiger partial charge in [0.25, 0.3) is 0 Å². The second-order valence-electron chi connectivity index (χ2n) is 3.77. The van der Waals surface area contributed by atoms with Crippen LogP contribution in [-0.2, 0) is 0 Å². The molecule has 0 saturated heterocycles. The quantitative estimate of drug-likeness (QED) is 0.829. The van der Waals surface area contributed by atoms with Crippen molar-refractivity contribution < 1.29 is 9.90 Å². The molecule has 0 spiro atoms. The summed E-state index contributed by atoms with van der Waals surface area (Å²) in [6, 6.07) is 0.408. The topological polar surface area (TPSA) is 62.2 Å². The van der Waals surface area contributed by atoms with Crippen LogP contribution < -0.4 is 5.32 Å². The smallest absolute Gasteiger partial charge is 0.357 e. The first-order valence-corrected chi connectivity index (χ1v) is 5.95. The first-order chi connectivity index (χ1) is 7.27. The summed E-state index contributed by atoms with van der Waals surface area (Å²) in [4.78, 5) is 14.5. The number of hydrogen-bond acceptors (Lipinski definition) is 4. The fraction of sp³-hybridized carbons (Fsp3) is 0.600. The molecular formula is C10H13N2O2S. The molecule has 0 bridgehead atoms. The lowest BCUT2D eigenvalue weighted by Crippen LogP contribution is -2.22. The zero-order chi connectivity index (χ0) is 10.7. The number of hydrogen-bond donors (Lipinski definition) is 2. The van der Waals surface area contributed by atoms with Crippen molar-refractivity contribution in [3.05, 3.63) is 11.2 Å². The van der Waals surface area contributed by atoms with E-state index < -0.39 is 5.97 Å². The zero-order valence-electron chi connectivity index (χ0n) is 8.32. The van der Waals surface area contributed by atoms with Gasteiger partial charge in [-0.2, -0.15) is 0 Å². The fourth-order valence-electron chi connectivity index (χ4n) is 1.89. The minimum Gasteiger partial charge on any atom is -0.476 e. The van der Waals surface area contributed by atoms with E-state index in [4.69, 9.17) is 5.11 Å². The van der Waals surface area contributed by atoms with Gasteiger partial charge in [0, 0.05) is 6.04 Å². The van der Waals surface area contributed by atoms with Crippen molar-refractivity contribution >= 4 is 22.3 Å². The molecule has 1 aliphatic rings. The highest BCUT2D eigenvalue weighted by Crippen LogP contribution is 2.26. The summed E-state index contributed by atoms with van der Waals surface area (Å²) in [6.45, 7) is 0. The maximum Gasteiger partial charge on any atom is 0.357 e. The van der Waals surface area contributed by atoms with Gasteiger partial charge in [0.15, 0.2) is 11.2 Å². The van der Waals surface area contributed by atoms with Crippen LogP contribution in [-0.4, -0.2) is 22.1 Å². The third-order valence-corrected chi connectivity index (χ3v) is 3.36. The molecule has 1 aromatic rings. The lowest BCUT2D eigenvalue weighted by molar-refractivity contribution is 0.0692. The summed E-state index contributed by atoms with van der Waals surface area (Å²) in [5.74, 6) is -0.981. The fourth-order valence-corrected chi connectivity index (χ4v) is 2.57. The predicted octanol–water partition coefficient (Wildman–Crippen LogP) is 2.39. The van der Waals surface area contributed by atoms with Crippen LogP contribution in [0.5, 0.6) is 0 Å². The number of carboxylic acid groups (broad SMARTS) is 1. The summed E-state index contributed by atoms with van der Waals surface area (Å²) < 4.78 is 0. The lowest BCUT2D eigenvalue weighted by Gasteiger charge is -2.22. The monoisotopic (exact) mass is 225 g/mol. The van der Waals surface area contributed by atoms with Crippen molar-refractivity contribution in [1.29, 1.82) is 0 Å². The molecule has 1 fully saturated rings. The van der Waals surface area contributed by atoms with Crippen molar-refractivity contribution in [2.45, 2.75) is 38.1 Å². The molecule has 1 saturated carbocycles. The molecule has 0 aliphatic heterocycles. The van der Waals surface area contributed by atoms with Crippen molar-refractivity contribution in [3.63, 3.8) is 0 Å². The predicted molar refractivity (Wildman–Crippen MR) is 58.4 cm³/mol. The van der Waals surface area contributed by atoms with Crippen molar-refractivity contribution in [3.8, 4) is 0 Å². The Morgan fingerprint density at radius 2 is 2.20 bits per heavy atom. The third-order valence-electron chi connectivity index (χ3n) is 2.66. The average Bonchev–Trinajstić information content (AvgIpc) is 2.67. The van der Waals surface area contributed by atoms with Crippen LogP contribution in [0, 0.1) is 5.51 Å². The molecule has 1 aromatic heterocycles. The highest BCUT2D eigenvalue weighted by Gasteiger charge is 2.18. The van der Waals surface area contributed by atoms with Gasteiger partial charge in [0.1, 0.15) is 5.00 Å². The van der Waals surface area contributed by atoms with Gasteiger partial charge in [0.2, 0.25) is 0 Å². The Balaban J connectivity index is 2.03. The minimum atomic E-state index is -0.981. The Hall–Kier alpha value is -1.10. The van der Waals surface area contributed by atoms with Gasteiger partial charge in [-0.3, -0.25) is 0 Å². The van der Waals surface area contributed by atoms with Crippen LogP contribution in [0.25, 0.3) is 0 Å². The summed E-state index contributed by atoms with van der Waals surface area (Å²) in [6.07, 6.45) is 5.98. The number of aromatic nitrogens is 1. The second kappa shape index (κ2) is 4.61. The first kappa shape index (κ1) is 10.4. The van der Waals surface area contributed by atoms with Crippen LogP contribution in [0.4, 0.5) is 5.00 Å². The highest BCUT2D eigenvalue weighted by molar-refractivity contribution is 7.13. The van der Waals surface area contributed by atoms with Crippen molar-refractivity contribution in [2.75, 3.05) is 5.32 Å². The maximum absolute atomic E-state index is 10.8. The molecular weight excluding hydrogens is 212 g/mol. The van der Waals surface area contributed by atoms with Gasteiger partial charge in [-0.05, 0) is 12.8 Å². The molecule has 0 unspecified atom stereocenters. The van der Waals surface area contributed by atoms with Crippen molar-refractivity contribution in [1.82, 2.24) is 4.98 Å². The van der Waals surface area contributed by atoms with Crippen LogP contribution in [0.15, 0.2) is 0 Å². The van der Waals surface area contributed by atoms with E-state index in [0.29, 0.717) is 11.0 Å². The number of carboxylic acids is 1. The number of nitrogens with one attached hydrogen (secondary N) is 1. The Morgan fingerprint density at radius 3 is 2.87 bits per heavy atom. The van der Waals surface area contributed by atoms with Crippen molar-refractivity contribution in [2.24, 2.45) is 0 Å². The number of rotatable bonds is 3. The largest absolute Gasteiger partial charge is 0.476 e. The second-order valence-corrected chi connectivity index (χ2v) is 4.56. The number of thiazole rings is 1. The summed E-state index contributed by atoms with van der Waals surface area (Å²) >= 11 is 1.24. The Bertz CT molecular complexity index is 345. The number of carbonyl (C=O) groups is 1. The highest BCUT2D eigenvalue weighted by atomic mass is 32.1. The van der Waals surface area contributed by atoms with E-state index in [1.54, 1.807) is 0 Å². The molecule has 5 heteroatoms. The molecule has 81 valence electrons. The maximum atomic E-state index is 10.8. The standard InChI is InChI=1S/C10H13N2O2S/c13-10(14)8-9(15-6-11-8)12-7-4-2-1-3-5-7/h7,12H,1-5H2,(H,13,14). The van der Waals surface area contributed by atoms with Gasteiger partial charge in [0.05, 0.1) is 0 Å². The molecule has 2 N–H and O–H groups in total. The molecule has 0 aromatic carbocycles. The number of aromatic carboxylic acids is 1. The van der Waals surface area contributed by atoms with E-state index >= 15 is 0 Å². The molecule has 1 aliphatic carbocycles. The normalized spacial score (nSPS) is 17.6. The molecule has 0 atom stereocenters. The van der Waals surface area contributed by atoms with Gasteiger partial charge < -0.3 is 10.4 Å². The summed E-state index contributed by atoms with van der Waals surface area (Å²) in [5.41, 5.74) is 2.72. The summed E-state index contributed by atoms with van der Waals surface area (Å²) in [7, 11) is 0. The third kappa shape index (κ3) is 2.47. The Labute approximate surface area is 92.3 Å². The average molecular weight is 225 g/mol. The number of nitrogens with zero attached hydrogens (tertiary/aromatic N) is 1. The molecule has 2 rings (SSSR count). The number of anilines is 1. The molecule has 1 radical (unpaired) electrons. The molecule has 0 amide bonds. The van der Waals surface area contributed by atoms with E-state index in [-0.39, 0.29) is 5.69 Å². The zero-order valence-corrected chi connectivity index (χ0v) is 9.14. The van der Waals surface area contributed by atoms with Gasteiger partial charge in [-0.25, -0.2) is 9.78 Å². The molecule has 1 heterocycles. The SMILES string of the molecule is O=C(O)c1n[c]sc1NC1CCCCC1. The van der Waals surface area contributed by atoms with Crippen LogP contribution in [0.2, 0.25) is 0 Å². The first-order valence-electron chi connectivity index (χ1n) is 5.14. The van der Waals surface area contributed by atoms with E-state index in [1.165, 1.54) is 30.6 Å². The Kier molecular flexibility index (Phi) is 3.20. The van der Waals surface area contributed by atoms with E-state index in [2.05, 4.69) is 15.8 Å². The van der Waals surface area contributed by atoms with E-state index in [0.717, 1.165) is 12.8 Å².